The number of carbonyl (C=O) groups is 1. The Balaban J connectivity index is 1.76. The number of ether oxygens (including phenoxy) is 1. The van der Waals surface area contributed by atoms with E-state index in [4.69, 9.17) is 4.74 Å². The summed E-state index contributed by atoms with van der Waals surface area (Å²) in [5, 5.41) is 5.59. The van der Waals surface area contributed by atoms with Crippen molar-refractivity contribution in [3.63, 3.8) is 0 Å². The van der Waals surface area contributed by atoms with Crippen LogP contribution in [0.3, 0.4) is 0 Å². The van der Waals surface area contributed by atoms with E-state index in [1.165, 1.54) is 11.1 Å². The van der Waals surface area contributed by atoms with E-state index in [1.54, 1.807) is 0 Å². The summed E-state index contributed by atoms with van der Waals surface area (Å²) in [6.07, 6.45) is 7.36. The van der Waals surface area contributed by atoms with Gasteiger partial charge in [0.25, 0.3) is 0 Å². The van der Waals surface area contributed by atoms with Crippen molar-refractivity contribution in [2.75, 3.05) is 13.2 Å². The summed E-state index contributed by atoms with van der Waals surface area (Å²) < 4.78 is 7.38. The lowest BCUT2D eigenvalue weighted by molar-refractivity contribution is 0.0908. The number of aromatic nitrogens is 2. The highest BCUT2D eigenvalue weighted by atomic mass is 127. The molecule has 0 amide bonds. The Labute approximate surface area is 143 Å². The predicted octanol–water partition coefficient (Wildman–Crippen LogP) is 3.92. The molecule has 2 aliphatic rings. The lowest BCUT2D eigenvalue weighted by Gasteiger charge is -2.27. The Morgan fingerprint density at radius 2 is 2.27 bits per heavy atom. The van der Waals surface area contributed by atoms with Crippen molar-refractivity contribution in [2.24, 2.45) is 5.92 Å². The van der Waals surface area contributed by atoms with Crippen LogP contribution in [0.2, 0.25) is 0 Å². The van der Waals surface area contributed by atoms with Crippen LogP contribution in [0.25, 0.3) is 10.9 Å². The molecule has 1 aromatic heterocycles. The molecule has 4 nitrogen and oxygen atoms in total. The summed E-state index contributed by atoms with van der Waals surface area (Å²) in [7, 11) is 0. The second-order valence-electron chi connectivity index (χ2n) is 5.72. The number of aryl methyl sites for hydroxylation is 1. The number of rotatable bonds is 2. The van der Waals surface area contributed by atoms with Crippen LogP contribution in [-0.2, 0) is 11.2 Å². The van der Waals surface area contributed by atoms with Gasteiger partial charge in [0.1, 0.15) is 0 Å². The topological polar surface area (TPSA) is 44.1 Å². The highest BCUT2D eigenvalue weighted by Gasteiger charge is 2.31. The fourth-order valence-electron chi connectivity index (χ4n) is 3.55. The van der Waals surface area contributed by atoms with E-state index in [2.05, 4.69) is 33.2 Å². The van der Waals surface area contributed by atoms with Gasteiger partial charge in [0.2, 0.25) is 0 Å². The molecule has 0 fully saturated rings. The number of hydrogen-bond donors (Lipinski definition) is 0. The lowest BCUT2D eigenvalue weighted by atomic mass is 9.77. The van der Waals surface area contributed by atoms with Crippen molar-refractivity contribution in [2.45, 2.75) is 19.3 Å². The second-order valence-corrected chi connectivity index (χ2v) is 7.76. The zero-order valence-corrected chi connectivity index (χ0v) is 15.2. The number of benzene rings is 1. The van der Waals surface area contributed by atoms with E-state index < -0.39 is 0 Å². The van der Waals surface area contributed by atoms with Gasteiger partial charge < -0.3 is 4.74 Å². The maximum atomic E-state index is 12.9. The monoisotopic (exact) mass is 426 g/mol. The molecule has 1 aromatic carbocycles. The largest absolute Gasteiger partial charge is 0.377 e. The summed E-state index contributed by atoms with van der Waals surface area (Å²) in [4.78, 5) is 12.9. The van der Waals surface area contributed by atoms with Crippen LogP contribution in [0, 0.1) is 5.92 Å². The molecule has 2 atom stereocenters. The molecule has 6 heteroatoms. The van der Waals surface area contributed by atoms with Gasteiger partial charge in [-0.2, -0.15) is 5.10 Å². The minimum Gasteiger partial charge on any atom is -0.377 e. The minimum absolute atomic E-state index is 0.0512. The molecule has 0 N–H and O–H groups in total. The number of fused-ring (bicyclic) bond motifs is 3. The van der Waals surface area contributed by atoms with Crippen molar-refractivity contribution in [1.29, 1.82) is 0 Å². The van der Waals surface area contributed by atoms with Crippen LogP contribution in [0.15, 0.2) is 30.0 Å². The Morgan fingerprint density at radius 3 is 3.05 bits per heavy atom. The van der Waals surface area contributed by atoms with Crippen molar-refractivity contribution in [3.8, 4) is 0 Å². The Morgan fingerprint density at radius 1 is 1.36 bits per heavy atom. The maximum absolute atomic E-state index is 12.9. The number of hydrogen-bond acceptors (Lipinski definition) is 3. The molecule has 0 radical (unpaired) electrons. The van der Waals surface area contributed by atoms with E-state index in [0.717, 1.165) is 42.3 Å². The number of ketones is 1. The van der Waals surface area contributed by atoms with Crippen LogP contribution in [0.1, 0.15) is 28.8 Å². The SMILES string of the molecule is O=C1c2ccc3c(cnn3PI)c2CCC1C1=CCOCC1. The van der Waals surface area contributed by atoms with Crippen LogP contribution in [0.4, 0.5) is 0 Å². The zero-order chi connectivity index (χ0) is 15.1. The fraction of sp³-hybridized carbons (Fsp3) is 0.375. The molecule has 2 aromatic rings. The van der Waals surface area contributed by atoms with Crippen molar-refractivity contribution < 1.29 is 9.53 Å². The van der Waals surface area contributed by atoms with Gasteiger partial charge in [0, 0.05) is 16.9 Å². The van der Waals surface area contributed by atoms with E-state index in [1.807, 2.05) is 22.8 Å². The number of Topliss-reactive ketones (excluding diaryl/α,β-unsaturated/α-hetero) is 1. The number of carbonyl (C=O) groups excluding carboxylic acids is 1. The predicted molar refractivity (Wildman–Crippen MR) is 97.1 cm³/mol. The molecule has 4 rings (SSSR count). The summed E-state index contributed by atoms with van der Waals surface area (Å²) in [6.45, 7) is 1.39. The minimum atomic E-state index is 0.0512. The first-order valence-corrected chi connectivity index (χ1v) is 11.5. The highest BCUT2D eigenvalue weighted by molar-refractivity contribution is 14.2. The first kappa shape index (κ1) is 14.8. The van der Waals surface area contributed by atoms with Crippen molar-refractivity contribution in [3.05, 3.63) is 41.1 Å². The third-order valence-corrected chi connectivity index (χ3v) is 6.54. The summed E-state index contributed by atoms with van der Waals surface area (Å²) in [5.74, 6) is 0.330. The van der Waals surface area contributed by atoms with Gasteiger partial charge in [-0.05, 0) is 59.0 Å². The standard InChI is InChI=1S/C16H16IN2O2P/c17-22-19-15-4-3-13-12(14(15)9-18-19)2-1-11(16(13)20)10-5-7-21-8-6-10/h3-5,9,11,22H,1-2,6-8H2. The van der Waals surface area contributed by atoms with E-state index in [9.17, 15) is 4.79 Å². The van der Waals surface area contributed by atoms with E-state index >= 15 is 0 Å². The van der Waals surface area contributed by atoms with Gasteiger partial charge in [-0.3, -0.25) is 4.79 Å². The van der Waals surface area contributed by atoms with Crippen LogP contribution in [-0.4, -0.2) is 28.5 Å². The van der Waals surface area contributed by atoms with Crippen molar-refractivity contribution in [1.82, 2.24) is 9.55 Å². The Bertz CT molecular complexity index is 784. The smallest absolute Gasteiger partial charge is 0.170 e. The molecular weight excluding hydrogens is 410 g/mol. The molecule has 2 unspecified atom stereocenters. The molecule has 0 saturated carbocycles. The zero-order valence-electron chi connectivity index (χ0n) is 12.0. The van der Waals surface area contributed by atoms with Gasteiger partial charge in [-0.25, -0.2) is 4.45 Å². The summed E-state index contributed by atoms with van der Waals surface area (Å²) in [5.41, 5.74) is 4.49. The van der Waals surface area contributed by atoms with Gasteiger partial charge in [0.05, 0.1) is 31.3 Å². The molecule has 2 heterocycles. The highest BCUT2D eigenvalue weighted by Crippen LogP contribution is 2.37. The number of halogens is 1. The Hall–Kier alpha value is -0.780. The summed E-state index contributed by atoms with van der Waals surface area (Å²) in [6, 6.07) is 4.05. The third kappa shape index (κ3) is 2.34. The summed E-state index contributed by atoms with van der Waals surface area (Å²) >= 11 is 2.33. The van der Waals surface area contributed by atoms with E-state index in [0.29, 0.717) is 13.0 Å². The third-order valence-electron chi connectivity index (χ3n) is 4.66. The Kier molecular flexibility index (Phi) is 4.05. The molecule has 0 bridgehead atoms. The molecule has 0 spiro atoms. The van der Waals surface area contributed by atoms with Gasteiger partial charge in [-0.15, -0.1) is 0 Å². The van der Waals surface area contributed by atoms with Crippen LogP contribution < -0.4 is 0 Å². The molecule has 0 saturated heterocycles. The fourth-order valence-corrected chi connectivity index (χ4v) is 5.09. The van der Waals surface area contributed by atoms with Crippen molar-refractivity contribution >= 4 is 45.1 Å². The molecule has 1 aliphatic carbocycles. The second kappa shape index (κ2) is 6.02. The molecule has 114 valence electrons. The molecule has 22 heavy (non-hydrogen) atoms. The van der Waals surface area contributed by atoms with Gasteiger partial charge in [-0.1, -0.05) is 11.6 Å². The average Bonchev–Trinajstić information content (AvgIpc) is 2.99. The first-order chi connectivity index (χ1) is 10.8. The van der Waals surface area contributed by atoms with Gasteiger partial charge >= 0.3 is 0 Å². The average molecular weight is 426 g/mol. The van der Waals surface area contributed by atoms with Gasteiger partial charge in [0.15, 0.2) is 5.78 Å². The normalized spacial score (nSPS) is 22.3. The molecular formula is C16H16IN2O2P. The van der Waals surface area contributed by atoms with Crippen LogP contribution >= 0.6 is 28.4 Å². The first-order valence-electron chi connectivity index (χ1n) is 7.46. The lowest BCUT2D eigenvalue weighted by Crippen LogP contribution is -2.26. The maximum Gasteiger partial charge on any atom is 0.170 e. The molecule has 1 aliphatic heterocycles. The van der Waals surface area contributed by atoms with E-state index in [-0.39, 0.29) is 11.7 Å². The quantitative estimate of drug-likeness (QED) is 0.416. The van der Waals surface area contributed by atoms with Crippen LogP contribution in [0.5, 0.6) is 0 Å². The number of nitrogens with zero attached hydrogens (tertiary/aromatic N) is 2.